The van der Waals surface area contributed by atoms with E-state index in [1.165, 1.54) is 12.1 Å². The first-order valence-corrected chi connectivity index (χ1v) is 9.58. The fourth-order valence-corrected chi connectivity index (χ4v) is 3.86. The number of hydrogen-bond donors (Lipinski definition) is 1. The maximum Gasteiger partial charge on any atom is 0.229 e. The molecular formula is C23H17FN6O. The zero-order chi connectivity index (χ0) is 21.5. The molecule has 1 atom stereocenters. The van der Waals surface area contributed by atoms with Crippen molar-refractivity contribution in [2.75, 3.05) is 0 Å². The summed E-state index contributed by atoms with van der Waals surface area (Å²) in [5, 5.41) is 14.4. The Balaban J connectivity index is 1.65. The Hall–Kier alpha value is -4.38. The van der Waals surface area contributed by atoms with Crippen LogP contribution in [0.4, 0.5) is 4.39 Å². The zero-order valence-corrected chi connectivity index (χ0v) is 16.5. The molecule has 5 rings (SSSR count). The lowest BCUT2D eigenvalue weighted by Gasteiger charge is -2.25. The molecule has 3 heterocycles. The Labute approximate surface area is 177 Å². The first-order valence-electron chi connectivity index (χ1n) is 9.58. The Morgan fingerprint density at radius 1 is 1.10 bits per heavy atom. The summed E-state index contributed by atoms with van der Waals surface area (Å²) in [6.45, 7) is 1.85. The second-order valence-electron chi connectivity index (χ2n) is 7.18. The molecule has 0 spiro atoms. The van der Waals surface area contributed by atoms with E-state index in [4.69, 9.17) is 10.5 Å². The minimum absolute atomic E-state index is 0.0296. The summed E-state index contributed by atoms with van der Waals surface area (Å²) < 4.78 is 22.7. The van der Waals surface area contributed by atoms with E-state index < -0.39 is 5.92 Å². The molecule has 2 N–H and O–H groups in total. The molecule has 31 heavy (non-hydrogen) atoms. The van der Waals surface area contributed by atoms with Gasteiger partial charge in [0.2, 0.25) is 11.8 Å². The number of aromatic nitrogens is 4. The van der Waals surface area contributed by atoms with Crippen molar-refractivity contribution in [1.82, 2.24) is 19.3 Å². The molecule has 8 heteroatoms. The van der Waals surface area contributed by atoms with Crippen molar-refractivity contribution >= 4 is 0 Å². The average Bonchev–Trinajstić information content (AvgIpc) is 3.42. The number of imidazole rings is 1. The minimum Gasteiger partial charge on any atom is -0.422 e. The second-order valence-corrected chi connectivity index (χ2v) is 7.18. The van der Waals surface area contributed by atoms with Gasteiger partial charge >= 0.3 is 0 Å². The second kappa shape index (κ2) is 7.15. The number of ether oxygens (including phenoxy) is 1. The maximum atomic E-state index is 13.4. The predicted molar refractivity (Wildman–Crippen MR) is 111 cm³/mol. The molecule has 0 fully saturated rings. The number of fused-ring (bicyclic) bond motifs is 1. The largest absolute Gasteiger partial charge is 0.422 e. The van der Waals surface area contributed by atoms with Gasteiger partial charge in [-0.15, -0.1) is 0 Å². The quantitative estimate of drug-likeness (QED) is 0.553. The minimum atomic E-state index is -0.431. The summed E-state index contributed by atoms with van der Waals surface area (Å²) in [6.07, 6.45) is 5.29. The molecule has 0 amide bonds. The molecular weight excluding hydrogens is 395 g/mol. The lowest BCUT2D eigenvalue weighted by atomic mass is 9.84. The third kappa shape index (κ3) is 3.04. The smallest absolute Gasteiger partial charge is 0.229 e. The third-order valence-electron chi connectivity index (χ3n) is 5.33. The van der Waals surface area contributed by atoms with E-state index in [-0.39, 0.29) is 11.7 Å². The molecule has 1 unspecified atom stereocenters. The molecule has 4 aromatic rings. The van der Waals surface area contributed by atoms with Crippen LogP contribution >= 0.6 is 0 Å². The van der Waals surface area contributed by atoms with Gasteiger partial charge in [0.1, 0.15) is 17.5 Å². The van der Waals surface area contributed by atoms with Gasteiger partial charge in [-0.3, -0.25) is 0 Å². The number of nitrogens with two attached hydrogens (primary N) is 1. The summed E-state index contributed by atoms with van der Waals surface area (Å²) in [6, 6.07) is 15.9. The molecule has 0 aliphatic carbocycles. The third-order valence-corrected chi connectivity index (χ3v) is 5.33. The standard InChI is InChI=1S/C23H17FN6O/c1-14-20-21(15-2-6-17(7-3-15)29-11-10-27-13-29)19(12-25)22(26)31-23(20)30(28-14)18-8-4-16(24)5-9-18/h2-11,13,21H,26H2,1H3. The monoisotopic (exact) mass is 412 g/mol. The molecule has 152 valence electrons. The van der Waals surface area contributed by atoms with Crippen molar-refractivity contribution in [2.24, 2.45) is 5.73 Å². The highest BCUT2D eigenvalue weighted by atomic mass is 19.1. The van der Waals surface area contributed by atoms with Crippen molar-refractivity contribution < 1.29 is 9.13 Å². The molecule has 7 nitrogen and oxygen atoms in total. The number of allylic oxidation sites excluding steroid dienone is 1. The van der Waals surface area contributed by atoms with Crippen LogP contribution in [0, 0.1) is 24.1 Å². The van der Waals surface area contributed by atoms with Crippen LogP contribution in [0.1, 0.15) is 22.7 Å². The summed E-state index contributed by atoms with van der Waals surface area (Å²) in [5.74, 6) is -0.324. The number of nitrogens with zero attached hydrogens (tertiary/aromatic N) is 5. The number of rotatable bonds is 3. The van der Waals surface area contributed by atoms with Crippen molar-refractivity contribution in [3.63, 3.8) is 0 Å². The van der Waals surface area contributed by atoms with Gasteiger partial charge in [0.05, 0.1) is 29.2 Å². The fraction of sp³-hybridized carbons (Fsp3) is 0.0870. The summed E-state index contributed by atoms with van der Waals surface area (Å²) in [5.41, 5.74) is 10.4. The van der Waals surface area contributed by atoms with Gasteiger partial charge in [-0.1, -0.05) is 12.1 Å². The van der Waals surface area contributed by atoms with Crippen molar-refractivity contribution in [1.29, 1.82) is 5.26 Å². The van der Waals surface area contributed by atoms with E-state index in [0.717, 1.165) is 16.8 Å². The normalized spacial score (nSPS) is 15.3. The highest BCUT2D eigenvalue weighted by molar-refractivity contribution is 5.57. The number of hydrogen-bond acceptors (Lipinski definition) is 5. The van der Waals surface area contributed by atoms with Gasteiger partial charge in [0.15, 0.2) is 0 Å². The van der Waals surface area contributed by atoms with Gasteiger partial charge in [-0.25, -0.2) is 14.1 Å². The van der Waals surface area contributed by atoms with Gasteiger partial charge < -0.3 is 15.0 Å². The number of aryl methyl sites for hydroxylation is 1. The van der Waals surface area contributed by atoms with E-state index in [9.17, 15) is 9.65 Å². The van der Waals surface area contributed by atoms with E-state index in [1.807, 2.05) is 42.0 Å². The van der Waals surface area contributed by atoms with Crippen LogP contribution in [0.2, 0.25) is 0 Å². The van der Waals surface area contributed by atoms with Crippen LogP contribution in [0.15, 0.2) is 78.7 Å². The predicted octanol–water partition coefficient (Wildman–Crippen LogP) is 3.72. The Kier molecular flexibility index (Phi) is 4.30. The Morgan fingerprint density at radius 3 is 2.45 bits per heavy atom. The van der Waals surface area contributed by atoms with Gasteiger partial charge in [0, 0.05) is 18.1 Å². The highest BCUT2D eigenvalue weighted by Gasteiger charge is 2.36. The first kappa shape index (κ1) is 18.6. The number of benzene rings is 2. The van der Waals surface area contributed by atoms with Crippen LogP contribution in [-0.2, 0) is 0 Å². The Bertz CT molecular complexity index is 1330. The van der Waals surface area contributed by atoms with Gasteiger partial charge in [0.25, 0.3) is 0 Å². The SMILES string of the molecule is Cc1nn(-c2ccc(F)cc2)c2c1C(c1ccc(-n3ccnc3)cc1)C(C#N)=C(N)O2. The van der Waals surface area contributed by atoms with Crippen molar-refractivity contribution in [2.45, 2.75) is 12.8 Å². The number of halogens is 1. The van der Waals surface area contributed by atoms with Crippen LogP contribution < -0.4 is 10.5 Å². The van der Waals surface area contributed by atoms with Crippen LogP contribution in [0.3, 0.4) is 0 Å². The molecule has 0 saturated carbocycles. The van der Waals surface area contributed by atoms with E-state index >= 15 is 0 Å². The molecule has 0 saturated heterocycles. The van der Waals surface area contributed by atoms with Crippen LogP contribution in [0.5, 0.6) is 5.88 Å². The summed E-state index contributed by atoms with van der Waals surface area (Å²) in [4.78, 5) is 4.07. The molecule has 0 bridgehead atoms. The van der Waals surface area contributed by atoms with Crippen LogP contribution in [0.25, 0.3) is 11.4 Å². The van der Waals surface area contributed by atoms with Gasteiger partial charge in [-0.05, 0) is 48.9 Å². The Morgan fingerprint density at radius 2 is 1.81 bits per heavy atom. The summed E-state index contributed by atoms with van der Waals surface area (Å²) in [7, 11) is 0. The molecule has 0 radical (unpaired) electrons. The topological polar surface area (TPSA) is 94.7 Å². The lowest BCUT2D eigenvalue weighted by molar-refractivity contribution is 0.367. The fourth-order valence-electron chi connectivity index (χ4n) is 3.86. The van der Waals surface area contributed by atoms with Crippen molar-refractivity contribution in [3.05, 3.63) is 101 Å². The first-order chi connectivity index (χ1) is 15.1. The van der Waals surface area contributed by atoms with Crippen LogP contribution in [-0.4, -0.2) is 19.3 Å². The molecule has 2 aromatic carbocycles. The van der Waals surface area contributed by atoms with E-state index in [2.05, 4.69) is 16.2 Å². The molecule has 1 aliphatic rings. The maximum absolute atomic E-state index is 13.4. The zero-order valence-electron chi connectivity index (χ0n) is 16.5. The average molecular weight is 412 g/mol. The molecule has 1 aliphatic heterocycles. The van der Waals surface area contributed by atoms with Gasteiger partial charge in [-0.2, -0.15) is 10.4 Å². The van der Waals surface area contributed by atoms with E-state index in [0.29, 0.717) is 22.8 Å². The molecule has 2 aromatic heterocycles. The van der Waals surface area contributed by atoms with E-state index in [1.54, 1.807) is 29.3 Å². The lowest BCUT2D eigenvalue weighted by Crippen LogP contribution is -2.22. The summed E-state index contributed by atoms with van der Waals surface area (Å²) >= 11 is 0. The van der Waals surface area contributed by atoms with Crippen molar-refractivity contribution in [3.8, 4) is 23.3 Å². The number of nitriles is 1. The highest BCUT2D eigenvalue weighted by Crippen LogP contribution is 2.44.